The Hall–Kier alpha value is -2.73. The molecule has 0 radical (unpaired) electrons. The van der Waals surface area contributed by atoms with E-state index in [1.807, 2.05) is 37.3 Å². The highest BCUT2D eigenvalue weighted by molar-refractivity contribution is 6.31. The summed E-state index contributed by atoms with van der Waals surface area (Å²) in [6, 6.07) is 13.8. The Morgan fingerprint density at radius 3 is 2.44 bits per heavy atom. The highest BCUT2D eigenvalue weighted by Crippen LogP contribution is 2.37. The molecule has 0 saturated carbocycles. The van der Waals surface area contributed by atoms with Gasteiger partial charge in [-0.05, 0) is 36.2 Å². The summed E-state index contributed by atoms with van der Waals surface area (Å²) in [7, 11) is 0. The van der Waals surface area contributed by atoms with E-state index < -0.39 is 22.7 Å². The summed E-state index contributed by atoms with van der Waals surface area (Å²) in [6.45, 7) is 1.92. The zero-order valence-corrected chi connectivity index (χ0v) is 15.0. The standard InChI is InChI=1S/C20H15ClF3NO2/c1-2-13-10-15(18(25-13)12-6-4-3-5-7-12)19(26)27-14-8-9-17(21)16(11-14)20(22,23)24/h3-11,25H,2H2,1H3. The van der Waals surface area contributed by atoms with Gasteiger partial charge in [0.25, 0.3) is 0 Å². The second kappa shape index (κ2) is 7.48. The van der Waals surface area contributed by atoms with E-state index in [0.29, 0.717) is 12.1 Å². The first kappa shape index (κ1) is 19.0. The molecule has 2 aromatic carbocycles. The lowest BCUT2D eigenvalue weighted by molar-refractivity contribution is -0.137. The number of aryl methyl sites for hydroxylation is 1. The number of carbonyl (C=O) groups is 1. The summed E-state index contributed by atoms with van der Waals surface area (Å²) >= 11 is 5.60. The van der Waals surface area contributed by atoms with Gasteiger partial charge in [0, 0.05) is 5.69 Å². The number of alkyl halides is 3. The average molecular weight is 394 g/mol. The highest BCUT2D eigenvalue weighted by Gasteiger charge is 2.34. The van der Waals surface area contributed by atoms with Crippen LogP contribution in [0.4, 0.5) is 13.2 Å². The van der Waals surface area contributed by atoms with Crippen molar-refractivity contribution in [2.24, 2.45) is 0 Å². The summed E-state index contributed by atoms with van der Waals surface area (Å²) in [5, 5.41) is -0.456. The molecule has 1 aromatic heterocycles. The van der Waals surface area contributed by atoms with Crippen LogP contribution in [0.2, 0.25) is 5.02 Å². The Morgan fingerprint density at radius 2 is 1.81 bits per heavy atom. The number of nitrogens with one attached hydrogen (secondary N) is 1. The third-order valence-electron chi connectivity index (χ3n) is 3.99. The summed E-state index contributed by atoms with van der Waals surface area (Å²) in [5.74, 6) is -0.977. The Bertz CT molecular complexity index is 965. The predicted molar refractivity (Wildman–Crippen MR) is 97.0 cm³/mol. The number of rotatable bonds is 4. The number of hydrogen-bond donors (Lipinski definition) is 1. The largest absolute Gasteiger partial charge is 0.423 e. The van der Waals surface area contributed by atoms with Crippen LogP contribution in [0.3, 0.4) is 0 Å². The molecule has 0 spiro atoms. The molecule has 3 rings (SSSR count). The molecular weight excluding hydrogens is 379 g/mol. The molecule has 0 fully saturated rings. The smallest absolute Gasteiger partial charge is 0.417 e. The number of benzene rings is 2. The molecule has 0 saturated heterocycles. The maximum Gasteiger partial charge on any atom is 0.417 e. The number of aromatic amines is 1. The quantitative estimate of drug-likeness (QED) is 0.427. The van der Waals surface area contributed by atoms with Gasteiger partial charge in [-0.25, -0.2) is 4.79 Å². The van der Waals surface area contributed by atoms with Crippen molar-refractivity contribution < 1.29 is 22.7 Å². The third kappa shape index (κ3) is 4.17. The van der Waals surface area contributed by atoms with Crippen LogP contribution in [0.25, 0.3) is 11.3 Å². The van der Waals surface area contributed by atoms with Gasteiger partial charge in [-0.2, -0.15) is 13.2 Å². The summed E-state index contributed by atoms with van der Waals surface area (Å²) in [4.78, 5) is 15.8. The van der Waals surface area contributed by atoms with Crippen LogP contribution in [-0.2, 0) is 12.6 Å². The van der Waals surface area contributed by atoms with E-state index in [0.717, 1.165) is 23.4 Å². The molecular formula is C20H15ClF3NO2. The molecule has 7 heteroatoms. The van der Waals surface area contributed by atoms with Crippen molar-refractivity contribution in [2.45, 2.75) is 19.5 Å². The zero-order valence-electron chi connectivity index (χ0n) is 14.2. The summed E-state index contributed by atoms with van der Waals surface area (Å²) in [6.07, 6.45) is -3.98. The van der Waals surface area contributed by atoms with Gasteiger partial charge in [0.2, 0.25) is 0 Å². The van der Waals surface area contributed by atoms with Gasteiger partial charge in [0.1, 0.15) is 5.75 Å². The van der Waals surface area contributed by atoms with Crippen LogP contribution in [0.1, 0.15) is 28.5 Å². The van der Waals surface area contributed by atoms with Crippen LogP contribution in [-0.4, -0.2) is 11.0 Å². The van der Waals surface area contributed by atoms with Crippen LogP contribution in [0, 0.1) is 0 Å². The molecule has 0 bridgehead atoms. The van der Waals surface area contributed by atoms with E-state index in [2.05, 4.69) is 4.98 Å². The molecule has 3 aromatic rings. The molecule has 1 N–H and O–H groups in total. The molecule has 0 unspecified atom stereocenters. The van der Waals surface area contributed by atoms with Crippen LogP contribution in [0.15, 0.2) is 54.6 Å². The van der Waals surface area contributed by atoms with E-state index in [4.69, 9.17) is 16.3 Å². The van der Waals surface area contributed by atoms with Crippen molar-refractivity contribution in [2.75, 3.05) is 0 Å². The first-order chi connectivity index (χ1) is 12.8. The van der Waals surface area contributed by atoms with E-state index in [9.17, 15) is 18.0 Å². The topological polar surface area (TPSA) is 42.1 Å². The van der Waals surface area contributed by atoms with Crippen molar-refractivity contribution in [3.63, 3.8) is 0 Å². The van der Waals surface area contributed by atoms with Crippen molar-refractivity contribution in [1.29, 1.82) is 0 Å². The monoisotopic (exact) mass is 393 g/mol. The number of H-pyrrole nitrogens is 1. The fraction of sp³-hybridized carbons (Fsp3) is 0.150. The molecule has 140 valence electrons. The SMILES string of the molecule is CCc1cc(C(=O)Oc2ccc(Cl)c(C(F)(F)F)c2)c(-c2ccccc2)[nH]1. The van der Waals surface area contributed by atoms with Crippen LogP contribution < -0.4 is 4.74 Å². The summed E-state index contributed by atoms with van der Waals surface area (Å²) in [5.41, 5.74) is 1.34. The molecule has 27 heavy (non-hydrogen) atoms. The number of halogens is 4. The molecule has 0 atom stereocenters. The minimum absolute atomic E-state index is 0.227. The molecule has 0 aliphatic carbocycles. The van der Waals surface area contributed by atoms with Gasteiger partial charge >= 0.3 is 12.1 Å². The summed E-state index contributed by atoms with van der Waals surface area (Å²) < 4.78 is 44.2. The van der Waals surface area contributed by atoms with E-state index >= 15 is 0 Å². The molecule has 0 aliphatic rings. The molecule has 0 amide bonds. The predicted octanol–water partition coefficient (Wildman–Crippen LogP) is 6.14. The first-order valence-corrected chi connectivity index (χ1v) is 8.53. The number of ether oxygens (including phenoxy) is 1. The first-order valence-electron chi connectivity index (χ1n) is 8.16. The van der Waals surface area contributed by atoms with Gasteiger partial charge in [-0.1, -0.05) is 48.9 Å². The molecule has 0 aliphatic heterocycles. The second-order valence-electron chi connectivity index (χ2n) is 5.83. The lowest BCUT2D eigenvalue weighted by Crippen LogP contribution is -2.11. The maximum atomic E-state index is 13.0. The molecule has 1 heterocycles. The minimum Gasteiger partial charge on any atom is -0.423 e. The number of esters is 1. The van der Waals surface area contributed by atoms with Crippen molar-refractivity contribution in [3.05, 3.63) is 76.4 Å². The van der Waals surface area contributed by atoms with Crippen LogP contribution >= 0.6 is 11.6 Å². The fourth-order valence-electron chi connectivity index (χ4n) is 2.64. The third-order valence-corrected chi connectivity index (χ3v) is 4.32. The zero-order chi connectivity index (χ0) is 19.6. The fourth-order valence-corrected chi connectivity index (χ4v) is 2.87. The minimum atomic E-state index is -4.64. The Kier molecular flexibility index (Phi) is 5.28. The van der Waals surface area contributed by atoms with E-state index in [1.54, 1.807) is 6.07 Å². The van der Waals surface area contributed by atoms with E-state index in [-0.39, 0.29) is 11.3 Å². The maximum absolute atomic E-state index is 13.0. The van der Waals surface area contributed by atoms with Gasteiger partial charge in [-0.15, -0.1) is 0 Å². The number of aromatic nitrogens is 1. The average Bonchev–Trinajstić information content (AvgIpc) is 3.08. The highest BCUT2D eigenvalue weighted by atomic mass is 35.5. The second-order valence-corrected chi connectivity index (χ2v) is 6.24. The van der Waals surface area contributed by atoms with Crippen molar-refractivity contribution in [1.82, 2.24) is 4.98 Å². The Morgan fingerprint density at radius 1 is 1.11 bits per heavy atom. The van der Waals surface area contributed by atoms with Crippen molar-refractivity contribution in [3.8, 4) is 17.0 Å². The van der Waals surface area contributed by atoms with Gasteiger partial charge in [0.15, 0.2) is 0 Å². The van der Waals surface area contributed by atoms with Gasteiger partial charge < -0.3 is 9.72 Å². The van der Waals surface area contributed by atoms with Gasteiger partial charge in [-0.3, -0.25) is 0 Å². The molecule has 3 nitrogen and oxygen atoms in total. The number of carbonyl (C=O) groups excluding carboxylic acids is 1. The number of hydrogen-bond acceptors (Lipinski definition) is 2. The lowest BCUT2D eigenvalue weighted by Gasteiger charge is -2.11. The van der Waals surface area contributed by atoms with E-state index in [1.165, 1.54) is 6.07 Å². The Labute approximate surface area is 158 Å². The van der Waals surface area contributed by atoms with Crippen molar-refractivity contribution >= 4 is 17.6 Å². The lowest BCUT2D eigenvalue weighted by atomic mass is 10.1. The van der Waals surface area contributed by atoms with Gasteiger partial charge in [0.05, 0.1) is 21.8 Å². The Balaban J connectivity index is 1.95. The van der Waals surface area contributed by atoms with Crippen LogP contribution in [0.5, 0.6) is 5.75 Å². The normalized spacial score (nSPS) is 11.4.